The van der Waals surface area contributed by atoms with Crippen LogP contribution in [0.5, 0.6) is 0 Å². The quantitative estimate of drug-likeness (QED) is 0.728. The van der Waals surface area contributed by atoms with Crippen molar-refractivity contribution in [3.63, 3.8) is 0 Å². The molecule has 0 amide bonds. The fraction of sp³-hybridized carbons (Fsp3) is 0.333. The van der Waals surface area contributed by atoms with Crippen LogP contribution in [0.3, 0.4) is 0 Å². The van der Waals surface area contributed by atoms with E-state index in [0.717, 1.165) is 30.5 Å². The summed E-state index contributed by atoms with van der Waals surface area (Å²) in [6, 6.07) is 8.21. The summed E-state index contributed by atoms with van der Waals surface area (Å²) in [5, 5.41) is 1.20. The first kappa shape index (κ1) is 13.3. The number of hydrogen-bond acceptors (Lipinski definition) is 2. The number of rotatable bonds is 2. The molecule has 0 N–H and O–H groups in total. The average molecular weight is 293 g/mol. The van der Waals surface area contributed by atoms with E-state index in [1.807, 2.05) is 34.5 Å². The van der Waals surface area contributed by atoms with E-state index >= 15 is 0 Å². The maximum atomic E-state index is 13.0. The minimum atomic E-state index is 0.0399. The van der Waals surface area contributed by atoms with Crippen LogP contribution >= 0.6 is 0 Å². The standard InChI is InChI=1S/C18H19N3O/c1-12-15-5-3-4-6-17(15)21-16(12)8-7-13(18(21)22)9-14-10-19-11-20(14)2/h3-6,10-11,13H,7-9H2,1-2H3. The minimum Gasteiger partial charge on any atom is -0.338 e. The lowest BCUT2D eigenvalue weighted by Gasteiger charge is -2.24. The van der Waals surface area contributed by atoms with Gasteiger partial charge in [-0.15, -0.1) is 0 Å². The maximum Gasteiger partial charge on any atom is 0.234 e. The molecule has 0 spiro atoms. The van der Waals surface area contributed by atoms with Crippen molar-refractivity contribution in [1.29, 1.82) is 0 Å². The van der Waals surface area contributed by atoms with Gasteiger partial charge in [-0.2, -0.15) is 0 Å². The van der Waals surface area contributed by atoms with Gasteiger partial charge in [0, 0.05) is 42.4 Å². The summed E-state index contributed by atoms with van der Waals surface area (Å²) in [5.41, 5.74) is 4.61. The smallest absolute Gasteiger partial charge is 0.234 e. The predicted molar refractivity (Wildman–Crippen MR) is 86.0 cm³/mol. The number of para-hydroxylation sites is 1. The SMILES string of the molecule is Cc1c2n(c3ccccc13)C(=O)C(Cc1cncn1C)CC2. The van der Waals surface area contributed by atoms with Crippen molar-refractivity contribution in [2.24, 2.45) is 13.0 Å². The molecule has 3 aromatic rings. The Bertz CT molecular complexity index is 872. The van der Waals surface area contributed by atoms with E-state index in [1.165, 1.54) is 16.6 Å². The van der Waals surface area contributed by atoms with Crippen molar-refractivity contribution in [2.45, 2.75) is 26.2 Å². The summed E-state index contributed by atoms with van der Waals surface area (Å²) < 4.78 is 3.96. The molecular formula is C18H19N3O. The molecular weight excluding hydrogens is 274 g/mol. The Balaban J connectivity index is 1.77. The molecule has 0 fully saturated rings. The number of aryl methyl sites for hydroxylation is 2. The van der Waals surface area contributed by atoms with Crippen LogP contribution in [0.1, 0.15) is 28.2 Å². The Morgan fingerprint density at radius 3 is 2.91 bits per heavy atom. The van der Waals surface area contributed by atoms with Crippen LogP contribution in [0.15, 0.2) is 36.8 Å². The Morgan fingerprint density at radius 2 is 2.14 bits per heavy atom. The van der Waals surface area contributed by atoms with Gasteiger partial charge in [0.25, 0.3) is 0 Å². The van der Waals surface area contributed by atoms with E-state index in [0.29, 0.717) is 0 Å². The number of carbonyl (C=O) groups excluding carboxylic acids is 1. The third-order valence-corrected chi connectivity index (χ3v) is 4.92. The molecule has 0 saturated carbocycles. The van der Waals surface area contributed by atoms with Gasteiger partial charge in [-0.3, -0.25) is 9.36 Å². The number of fused-ring (bicyclic) bond motifs is 3. The zero-order valence-corrected chi connectivity index (χ0v) is 12.9. The van der Waals surface area contributed by atoms with E-state index in [9.17, 15) is 4.79 Å². The zero-order valence-electron chi connectivity index (χ0n) is 12.9. The molecule has 22 heavy (non-hydrogen) atoms. The van der Waals surface area contributed by atoms with Gasteiger partial charge < -0.3 is 4.57 Å². The molecule has 3 heterocycles. The van der Waals surface area contributed by atoms with Crippen molar-refractivity contribution in [2.75, 3.05) is 0 Å². The van der Waals surface area contributed by atoms with Gasteiger partial charge in [0.05, 0.1) is 11.8 Å². The van der Waals surface area contributed by atoms with Gasteiger partial charge in [-0.25, -0.2) is 4.98 Å². The number of carbonyl (C=O) groups is 1. The molecule has 0 saturated heterocycles. The number of aromatic nitrogens is 3. The Labute approximate surface area is 129 Å². The van der Waals surface area contributed by atoms with Crippen LogP contribution in [0, 0.1) is 12.8 Å². The first-order valence-corrected chi connectivity index (χ1v) is 7.75. The van der Waals surface area contributed by atoms with E-state index in [1.54, 1.807) is 6.33 Å². The molecule has 0 bridgehead atoms. The van der Waals surface area contributed by atoms with Gasteiger partial charge in [-0.1, -0.05) is 18.2 Å². The summed E-state index contributed by atoms with van der Waals surface area (Å²) in [4.78, 5) is 17.2. The second-order valence-corrected chi connectivity index (χ2v) is 6.20. The fourth-order valence-corrected chi connectivity index (χ4v) is 3.65. The van der Waals surface area contributed by atoms with Gasteiger partial charge in [0.2, 0.25) is 5.91 Å². The zero-order chi connectivity index (χ0) is 15.3. The van der Waals surface area contributed by atoms with Crippen molar-refractivity contribution in [3.8, 4) is 0 Å². The largest absolute Gasteiger partial charge is 0.338 e. The normalized spacial score (nSPS) is 17.9. The molecule has 112 valence electrons. The molecule has 1 aliphatic rings. The van der Waals surface area contributed by atoms with Crippen molar-refractivity contribution >= 4 is 16.8 Å². The van der Waals surface area contributed by atoms with Gasteiger partial charge >= 0.3 is 0 Å². The molecule has 0 aliphatic carbocycles. The first-order chi connectivity index (χ1) is 10.7. The maximum absolute atomic E-state index is 13.0. The molecule has 4 nitrogen and oxygen atoms in total. The Kier molecular flexibility index (Phi) is 2.93. The highest BCUT2D eigenvalue weighted by Gasteiger charge is 2.31. The highest BCUT2D eigenvalue weighted by atomic mass is 16.2. The predicted octanol–water partition coefficient (Wildman–Crippen LogP) is 3.13. The number of nitrogens with zero attached hydrogens (tertiary/aromatic N) is 3. The topological polar surface area (TPSA) is 39.8 Å². The Morgan fingerprint density at radius 1 is 1.32 bits per heavy atom. The fourth-order valence-electron chi connectivity index (χ4n) is 3.65. The van der Waals surface area contributed by atoms with Crippen LogP contribution < -0.4 is 0 Å². The molecule has 1 atom stereocenters. The van der Waals surface area contributed by atoms with E-state index in [4.69, 9.17) is 0 Å². The highest BCUT2D eigenvalue weighted by molar-refractivity contribution is 5.97. The number of benzene rings is 1. The summed E-state index contributed by atoms with van der Waals surface area (Å²) in [6.45, 7) is 2.13. The molecule has 0 radical (unpaired) electrons. The van der Waals surface area contributed by atoms with E-state index in [-0.39, 0.29) is 11.8 Å². The van der Waals surface area contributed by atoms with Gasteiger partial charge in [0.1, 0.15) is 0 Å². The Hall–Kier alpha value is -2.36. The molecule has 1 unspecified atom stereocenters. The second kappa shape index (κ2) is 4.83. The molecule has 4 rings (SSSR count). The van der Waals surface area contributed by atoms with Crippen LogP contribution in [-0.4, -0.2) is 20.0 Å². The van der Waals surface area contributed by atoms with Crippen molar-refractivity contribution < 1.29 is 4.79 Å². The molecule has 1 aliphatic heterocycles. The molecule has 4 heteroatoms. The summed E-state index contributed by atoms with van der Waals surface area (Å²) in [7, 11) is 1.98. The molecule has 2 aromatic heterocycles. The summed E-state index contributed by atoms with van der Waals surface area (Å²) in [6.07, 6.45) is 6.31. The summed E-state index contributed by atoms with van der Waals surface area (Å²) >= 11 is 0. The first-order valence-electron chi connectivity index (χ1n) is 7.75. The number of hydrogen-bond donors (Lipinski definition) is 0. The minimum absolute atomic E-state index is 0.0399. The van der Waals surface area contributed by atoms with Crippen molar-refractivity contribution in [3.05, 3.63) is 53.7 Å². The van der Waals surface area contributed by atoms with Gasteiger partial charge in [-0.05, 0) is 31.4 Å². The lowest BCUT2D eigenvalue weighted by Crippen LogP contribution is -2.30. The lowest BCUT2D eigenvalue weighted by molar-refractivity contribution is 0.0807. The van der Waals surface area contributed by atoms with Crippen LogP contribution in [0.25, 0.3) is 10.9 Å². The van der Waals surface area contributed by atoms with Gasteiger partial charge in [0.15, 0.2) is 0 Å². The monoisotopic (exact) mass is 293 g/mol. The van der Waals surface area contributed by atoms with E-state index < -0.39 is 0 Å². The third-order valence-electron chi connectivity index (χ3n) is 4.92. The second-order valence-electron chi connectivity index (χ2n) is 6.20. The average Bonchev–Trinajstić information content (AvgIpc) is 3.05. The third kappa shape index (κ3) is 1.83. The van der Waals surface area contributed by atoms with E-state index in [2.05, 4.69) is 24.0 Å². The van der Waals surface area contributed by atoms with Crippen LogP contribution in [-0.2, 0) is 19.9 Å². The lowest BCUT2D eigenvalue weighted by atomic mass is 9.92. The number of imidazole rings is 1. The van der Waals surface area contributed by atoms with Crippen LogP contribution in [0.2, 0.25) is 0 Å². The summed E-state index contributed by atoms with van der Waals surface area (Å²) in [5.74, 6) is 0.268. The highest BCUT2D eigenvalue weighted by Crippen LogP contribution is 2.32. The van der Waals surface area contributed by atoms with Crippen molar-refractivity contribution in [1.82, 2.24) is 14.1 Å². The van der Waals surface area contributed by atoms with Crippen LogP contribution in [0.4, 0.5) is 0 Å². The molecule has 1 aromatic carbocycles.